The number of rotatable bonds is 4. The highest BCUT2D eigenvalue weighted by molar-refractivity contribution is 4.78. The second kappa shape index (κ2) is 5.28. The summed E-state index contributed by atoms with van der Waals surface area (Å²) in [6.07, 6.45) is 8.60. The lowest BCUT2D eigenvalue weighted by atomic mass is 9.94. The zero-order chi connectivity index (χ0) is 10.5. The van der Waals surface area contributed by atoms with Crippen LogP contribution in [0.1, 0.15) is 25.7 Å². The molecule has 0 spiro atoms. The molecule has 0 atom stereocenters. The first kappa shape index (κ1) is 10.6. The van der Waals surface area contributed by atoms with Crippen LogP contribution in [0.5, 0.6) is 0 Å². The molecular weight excluding hydrogens is 190 g/mol. The molecule has 2 rings (SSSR count). The molecule has 1 aromatic heterocycles. The lowest BCUT2D eigenvalue weighted by Gasteiger charge is -2.26. The molecule has 1 aliphatic carbocycles. The molecule has 0 bridgehead atoms. The van der Waals surface area contributed by atoms with Crippen molar-refractivity contribution in [1.82, 2.24) is 9.78 Å². The predicted octanol–water partition coefficient (Wildman–Crippen LogP) is 1.17. The molecule has 0 aromatic carbocycles. The van der Waals surface area contributed by atoms with Crippen LogP contribution >= 0.6 is 0 Å². The summed E-state index contributed by atoms with van der Waals surface area (Å²) in [5, 5.41) is 4.13. The summed E-state index contributed by atoms with van der Waals surface area (Å²) in [5.41, 5.74) is 5.83. The molecule has 2 N–H and O–H groups in total. The van der Waals surface area contributed by atoms with E-state index < -0.39 is 0 Å². The van der Waals surface area contributed by atoms with Crippen molar-refractivity contribution in [2.45, 2.75) is 44.4 Å². The van der Waals surface area contributed by atoms with E-state index >= 15 is 0 Å². The highest BCUT2D eigenvalue weighted by atomic mass is 16.5. The number of hydrogen-bond acceptors (Lipinski definition) is 3. The molecule has 0 aliphatic heterocycles. The third-order valence-corrected chi connectivity index (χ3v) is 2.95. The van der Waals surface area contributed by atoms with Gasteiger partial charge in [-0.1, -0.05) is 0 Å². The van der Waals surface area contributed by atoms with Gasteiger partial charge in [-0.2, -0.15) is 5.10 Å². The fourth-order valence-corrected chi connectivity index (χ4v) is 2.00. The molecule has 1 aromatic rings. The van der Waals surface area contributed by atoms with Crippen LogP contribution in [0.4, 0.5) is 0 Å². The molecule has 4 nitrogen and oxygen atoms in total. The van der Waals surface area contributed by atoms with Gasteiger partial charge in [0.25, 0.3) is 0 Å². The monoisotopic (exact) mass is 209 g/mol. The van der Waals surface area contributed by atoms with E-state index in [1.165, 1.54) is 0 Å². The second-order valence-electron chi connectivity index (χ2n) is 4.18. The minimum atomic E-state index is 0.399. The summed E-state index contributed by atoms with van der Waals surface area (Å²) >= 11 is 0. The van der Waals surface area contributed by atoms with Crippen molar-refractivity contribution in [3.05, 3.63) is 18.5 Å². The normalized spacial score (nSPS) is 26.7. The van der Waals surface area contributed by atoms with Crippen LogP contribution in [0.25, 0.3) is 0 Å². The molecule has 15 heavy (non-hydrogen) atoms. The zero-order valence-corrected chi connectivity index (χ0v) is 9.01. The van der Waals surface area contributed by atoms with E-state index in [1.54, 1.807) is 6.20 Å². The fraction of sp³-hybridized carbons (Fsp3) is 0.727. The molecular formula is C11H19N3O. The average Bonchev–Trinajstić information content (AvgIpc) is 2.74. The smallest absolute Gasteiger partial charge is 0.0666 e. The second-order valence-corrected chi connectivity index (χ2v) is 4.18. The number of hydrogen-bond donors (Lipinski definition) is 1. The largest absolute Gasteiger partial charge is 0.376 e. The number of nitrogens with two attached hydrogens (primary N) is 1. The van der Waals surface area contributed by atoms with Crippen LogP contribution in [-0.4, -0.2) is 28.5 Å². The van der Waals surface area contributed by atoms with Crippen LogP contribution < -0.4 is 5.73 Å². The van der Waals surface area contributed by atoms with Crippen LogP contribution in [-0.2, 0) is 11.3 Å². The predicted molar refractivity (Wildman–Crippen MR) is 58.4 cm³/mol. The maximum absolute atomic E-state index is 5.83. The highest BCUT2D eigenvalue weighted by Crippen LogP contribution is 2.19. The summed E-state index contributed by atoms with van der Waals surface area (Å²) in [4.78, 5) is 0. The van der Waals surface area contributed by atoms with Gasteiger partial charge >= 0.3 is 0 Å². The van der Waals surface area contributed by atoms with E-state index in [1.807, 2.05) is 16.9 Å². The molecule has 4 heteroatoms. The third-order valence-electron chi connectivity index (χ3n) is 2.95. The summed E-state index contributed by atoms with van der Waals surface area (Å²) in [6, 6.07) is 2.33. The van der Waals surface area contributed by atoms with Gasteiger partial charge in [-0.15, -0.1) is 0 Å². The first-order chi connectivity index (χ1) is 7.34. The van der Waals surface area contributed by atoms with Crippen molar-refractivity contribution < 1.29 is 4.74 Å². The Morgan fingerprint density at radius 3 is 2.80 bits per heavy atom. The quantitative estimate of drug-likeness (QED) is 0.810. The summed E-state index contributed by atoms with van der Waals surface area (Å²) in [6.45, 7) is 1.59. The zero-order valence-electron chi connectivity index (χ0n) is 9.01. The molecule has 1 heterocycles. The molecule has 1 aliphatic rings. The molecule has 1 saturated carbocycles. The minimum absolute atomic E-state index is 0.399. The van der Waals surface area contributed by atoms with Gasteiger partial charge in [0, 0.05) is 18.4 Å². The standard InChI is InChI=1S/C11H19N3O/c12-10-2-4-11(5-3-10)15-9-8-14-7-1-6-13-14/h1,6-7,10-11H,2-5,8-9,12H2. The highest BCUT2D eigenvalue weighted by Gasteiger charge is 2.18. The topological polar surface area (TPSA) is 53.1 Å². The van der Waals surface area contributed by atoms with Gasteiger partial charge in [-0.25, -0.2) is 0 Å². The van der Waals surface area contributed by atoms with Gasteiger partial charge in [0.1, 0.15) is 0 Å². The molecule has 1 fully saturated rings. The van der Waals surface area contributed by atoms with Gasteiger partial charge in [0.05, 0.1) is 19.3 Å². The van der Waals surface area contributed by atoms with Crippen LogP contribution in [0, 0.1) is 0 Å². The minimum Gasteiger partial charge on any atom is -0.376 e. The maximum atomic E-state index is 5.83. The van der Waals surface area contributed by atoms with E-state index in [0.717, 1.165) is 38.8 Å². The Balaban J connectivity index is 1.62. The van der Waals surface area contributed by atoms with Gasteiger partial charge in [0.2, 0.25) is 0 Å². The average molecular weight is 209 g/mol. The van der Waals surface area contributed by atoms with Gasteiger partial charge in [-0.05, 0) is 31.7 Å². The molecule has 84 valence electrons. The van der Waals surface area contributed by atoms with Crippen molar-refractivity contribution in [3.8, 4) is 0 Å². The number of aromatic nitrogens is 2. The Bertz CT molecular complexity index is 265. The van der Waals surface area contributed by atoms with Crippen molar-refractivity contribution in [2.75, 3.05) is 6.61 Å². The molecule has 0 saturated heterocycles. The summed E-state index contributed by atoms with van der Waals surface area (Å²) in [5.74, 6) is 0. The van der Waals surface area contributed by atoms with E-state index in [-0.39, 0.29) is 0 Å². The summed E-state index contributed by atoms with van der Waals surface area (Å²) in [7, 11) is 0. The summed E-state index contributed by atoms with van der Waals surface area (Å²) < 4.78 is 7.69. The van der Waals surface area contributed by atoms with Crippen LogP contribution in [0.15, 0.2) is 18.5 Å². The Morgan fingerprint density at radius 1 is 1.33 bits per heavy atom. The van der Waals surface area contributed by atoms with E-state index in [0.29, 0.717) is 12.1 Å². The van der Waals surface area contributed by atoms with Crippen molar-refractivity contribution in [1.29, 1.82) is 0 Å². The Kier molecular flexibility index (Phi) is 3.75. The molecule has 0 radical (unpaired) electrons. The molecule has 0 amide bonds. The van der Waals surface area contributed by atoms with Gasteiger partial charge in [-0.3, -0.25) is 4.68 Å². The SMILES string of the molecule is NC1CCC(OCCn2cccn2)CC1. The Morgan fingerprint density at radius 2 is 2.13 bits per heavy atom. The number of nitrogens with zero attached hydrogens (tertiary/aromatic N) is 2. The third kappa shape index (κ3) is 3.32. The lowest BCUT2D eigenvalue weighted by Crippen LogP contribution is -2.30. The first-order valence-electron chi connectivity index (χ1n) is 5.69. The van der Waals surface area contributed by atoms with Gasteiger partial charge in [0.15, 0.2) is 0 Å². The van der Waals surface area contributed by atoms with E-state index in [9.17, 15) is 0 Å². The van der Waals surface area contributed by atoms with Crippen LogP contribution in [0.3, 0.4) is 0 Å². The van der Waals surface area contributed by atoms with E-state index in [4.69, 9.17) is 10.5 Å². The van der Waals surface area contributed by atoms with Crippen LogP contribution in [0.2, 0.25) is 0 Å². The van der Waals surface area contributed by atoms with Gasteiger partial charge < -0.3 is 10.5 Å². The van der Waals surface area contributed by atoms with Crippen molar-refractivity contribution in [2.24, 2.45) is 5.73 Å². The van der Waals surface area contributed by atoms with Crippen molar-refractivity contribution >= 4 is 0 Å². The molecule has 0 unspecified atom stereocenters. The fourth-order valence-electron chi connectivity index (χ4n) is 2.00. The maximum Gasteiger partial charge on any atom is 0.0666 e. The number of ether oxygens (including phenoxy) is 1. The van der Waals surface area contributed by atoms with Crippen molar-refractivity contribution in [3.63, 3.8) is 0 Å². The Hall–Kier alpha value is -0.870. The van der Waals surface area contributed by atoms with E-state index in [2.05, 4.69) is 5.10 Å². The first-order valence-corrected chi connectivity index (χ1v) is 5.69. The lowest BCUT2D eigenvalue weighted by molar-refractivity contribution is 0.0198. The Labute approximate surface area is 90.4 Å².